The Morgan fingerprint density at radius 3 is 2.67 bits per heavy atom. The van der Waals surface area contributed by atoms with Crippen molar-refractivity contribution in [3.05, 3.63) is 67.0 Å². The molecule has 0 aliphatic heterocycles. The molecule has 6 heteroatoms. The molecule has 2 N–H and O–H groups in total. The van der Waals surface area contributed by atoms with Gasteiger partial charge in [-0.05, 0) is 35.4 Å². The van der Waals surface area contributed by atoms with E-state index in [4.69, 9.17) is 10.2 Å². The first-order chi connectivity index (χ1) is 9.97. The minimum absolute atomic E-state index is 0.303. The molecule has 0 amide bonds. The third kappa shape index (κ3) is 2.59. The van der Waals surface area contributed by atoms with E-state index in [0.29, 0.717) is 5.58 Å². The summed E-state index contributed by atoms with van der Waals surface area (Å²) in [6.07, 6.45) is 0. The van der Waals surface area contributed by atoms with E-state index in [0.717, 1.165) is 25.6 Å². The number of aryl methyl sites for hydroxylation is 1. The Bertz CT molecular complexity index is 883. The molecule has 0 aliphatic rings. The maximum absolute atomic E-state index is 11.5. The first-order valence-corrected chi connectivity index (χ1v) is 7.86. The highest BCUT2D eigenvalue weighted by molar-refractivity contribution is 9.11. The van der Waals surface area contributed by atoms with Gasteiger partial charge in [0, 0.05) is 16.0 Å². The summed E-state index contributed by atoms with van der Waals surface area (Å²) in [6, 6.07) is 11.1. The summed E-state index contributed by atoms with van der Waals surface area (Å²) in [6.45, 7) is 0. The van der Waals surface area contributed by atoms with Gasteiger partial charge in [0.15, 0.2) is 5.58 Å². The highest BCUT2D eigenvalue weighted by Gasteiger charge is 2.15. The van der Waals surface area contributed by atoms with Crippen LogP contribution >= 0.6 is 31.9 Å². The molecule has 3 rings (SSSR count). The summed E-state index contributed by atoms with van der Waals surface area (Å²) in [4.78, 5) is 11.5. The van der Waals surface area contributed by atoms with Gasteiger partial charge in [-0.3, -0.25) is 4.57 Å². The van der Waals surface area contributed by atoms with Crippen LogP contribution in [0.15, 0.2) is 54.6 Å². The van der Waals surface area contributed by atoms with Crippen LogP contribution in [0.5, 0.6) is 0 Å². The first-order valence-electron chi connectivity index (χ1n) is 6.27. The largest absolute Gasteiger partial charge is 0.419 e. The van der Waals surface area contributed by atoms with E-state index >= 15 is 0 Å². The monoisotopic (exact) mass is 410 g/mol. The van der Waals surface area contributed by atoms with Gasteiger partial charge in [0.05, 0.1) is 11.6 Å². The molecular formula is C15H12Br2N2O2. The summed E-state index contributed by atoms with van der Waals surface area (Å²) in [5, 5.41) is 0. The average Bonchev–Trinajstić information content (AvgIpc) is 2.73. The Balaban J connectivity index is 2.09. The van der Waals surface area contributed by atoms with Gasteiger partial charge in [0.25, 0.3) is 0 Å². The fraction of sp³-hybridized carbons (Fsp3) is 0.133. The Kier molecular flexibility index (Phi) is 3.77. The average molecular weight is 412 g/mol. The smallest absolute Gasteiger partial charge is 0.408 e. The molecule has 0 fully saturated rings. The molecule has 108 valence electrons. The Hall–Kier alpha value is -1.37. The normalized spacial score (nSPS) is 12.8. The van der Waals surface area contributed by atoms with Crippen LogP contribution in [0.2, 0.25) is 0 Å². The van der Waals surface area contributed by atoms with Crippen molar-refractivity contribution in [1.82, 2.24) is 4.57 Å². The molecule has 1 aromatic heterocycles. The van der Waals surface area contributed by atoms with Gasteiger partial charge < -0.3 is 10.2 Å². The standard InChI is InChI=1S/C15H12Br2N2O2/c1-19-12-5-2-8(6-13(12)21-15(19)20)14(18)10-4-3-9(16)7-11(10)17/h2-7,14H,18H2,1H3. The van der Waals surface area contributed by atoms with E-state index in [1.54, 1.807) is 7.05 Å². The van der Waals surface area contributed by atoms with Crippen molar-refractivity contribution in [2.45, 2.75) is 6.04 Å². The van der Waals surface area contributed by atoms with E-state index in [1.165, 1.54) is 4.57 Å². The lowest BCUT2D eigenvalue weighted by Crippen LogP contribution is -2.12. The Morgan fingerprint density at radius 1 is 1.19 bits per heavy atom. The van der Waals surface area contributed by atoms with Crippen molar-refractivity contribution in [1.29, 1.82) is 0 Å². The van der Waals surface area contributed by atoms with Crippen LogP contribution in [-0.2, 0) is 7.05 Å². The summed E-state index contributed by atoms with van der Waals surface area (Å²) in [7, 11) is 1.68. The van der Waals surface area contributed by atoms with E-state index in [2.05, 4.69) is 31.9 Å². The fourth-order valence-corrected chi connectivity index (χ4v) is 3.57. The predicted octanol–water partition coefficient (Wildman–Crippen LogP) is 3.70. The van der Waals surface area contributed by atoms with Gasteiger partial charge in [-0.1, -0.05) is 44.0 Å². The number of nitrogens with zero attached hydrogens (tertiary/aromatic N) is 1. The lowest BCUT2D eigenvalue weighted by molar-refractivity contribution is 0.527. The van der Waals surface area contributed by atoms with Crippen LogP contribution in [0.25, 0.3) is 11.1 Å². The minimum Gasteiger partial charge on any atom is -0.408 e. The second kappa shape index (κ2) is 5.44. The lowest BCUT2D eigenvalue weighted by Gasteiger charge is -2.14. The molecular weight excluding hydrogens is 400 g/mol. The number of nitrogens with two attached hydrogens (primary N) is 1. The van der Waals surface area contributed by atoms with Crippen molar-refractivity contribution >= 4 is 43.0 Å². The molecule has 2 aromatic carbocycles. The van der Waals surface area contributed by atoms with Crippen LogP contribution < -0.4 is 11.5 Å². The predicted molar refractivity (Wildman–Crippen MR) is 89.3 cm³/mol. The third-order valence-corrected chi connectivity index (χ3v) is 4.65. The third-order valence-electron chi connectivity index (χ3n) is 3.47. The number of hydrogen-bond acceptors (Lipinski definition) is 3. The zero-order valence-electron chi connectivity index (χ0n) is 11.1. The van der Waals surface area contributed by atoms with Crippen molar-refractivity contribution < 1.29 is 4.42 Å². The summed E-state index contributed by atoms with van der Waals surface area (Å²) < 4.78 is 8.59. The van der Waals surface area contributed by atoms with E-state index in [-0.39, 0.29) is 11.8 Å². The van der Waals surface area contributed by atoms with Crippen LogP contribution in [0.3, 0.4) is 0 Å². The number of benzene rings is 2. The number of halogens is 2. The fourth-order valence-electron chi connectivity index (χ4n) is 2.28. The maximum Gasteiger partial charge on any atom is 0.419 e. The van der Waals surface area contributed by atoms with Gasteiger partial charge in [0.2, 0.25) is 0 Å². The summed E-state index contributed by atoms with van der Waals surface area (Å²) in [5.41, 5.74) is 9.49. The highest BCUT2D eigenvalue weighted by atomic mass is 79.9. The van der Waals surface area contributed by atoms with Crippen molar-refractivity contribution in [2.24, 2.45) is 12.8 Å². The maximum atomic E-state index is 11.5. The molecule has 0 saturated heterocycles. The van der Waals surface area contributed by atoms with Crippen LogP contribution in [0, 0.1) is 0 Å². The topological polar surface area (TPSA) is 61.2 Å². The summed E-state index contributed by atoms with van der Waals surface area (Å²) >= 11 is 6.94. The number of aromatic nitrogens is 1. The Labute approximate surface area is 137 Å². The molecule has 0 aliphatic carbocycles. The second-order valence-corrected chi connectivity index (χ2v) is 6.57. The van der Waals surface area contributed by atoms with E-state index < -0.39 is 0 Å². The van der Waals surface area contributed by atoms with Gasteiger partial charge in [0.1, 0.15) is 0 Å². The molecule has 21 heavy (non-hydrogen) atoms. The molecule has 0 bridgehead atoms. The molecule has 1 atom stereocenters. The molecule has 1 heterocycles. The number of rotatable bonds is 2. The second-order valence-electron chi connectivity index (χ2n) is 4.80. The van der Waals surface area contributed by atoms with Crippen LogP contribution in [0.1, 0.15) is 17.2 Å². The number of fused-ring (bicyclic) bond motifs is 1. The van der Waals surface area contributed by atoms with Gasteiger partial charge >= 0.3 is 5.76 Å². The first kappa shape index (κ1) is 14.6. The van der Waals surface area contributed by atoms with Crippen LogP contribution in [-0.4, -0.2) is 4.57 Å². The zero-order chi connectivity index (χ0) is 15.1. The number of oxazole rings is 1. The Morgan fingerprint density at radius 2 is 1.95 bits per heavy atom. The molecule has 0 spiro atoms. The van der Waals surface area contributed by atoms with Gasteiger partial charge in [-0.2, -0.15) is 0 Å². The molecule has 1 unspecified atom stereocenters. The van der Waals surface area contributed by atoms with Crippen molar-refractivity contribution in [3.8, 4) is 0 Å². The van der Waals surface area contributed by atoms with Crippen LogP contribution in [0.4, 0.5) is 0 Å². The summed E-state index contributed by atoms with van der Waals surface area (Å²) in [5.74, 6) is -0.374. The van der Waals surface area contributed by atoms with Gasteiger partial charge in [-0.25, -0.2) is 4.79 Å². The van der Waals surface area contributed by atoms with Crippen molar-refractivity contribution in [3.63, 3.8) is 0 Å². The minimum atomic E-state index is -0.374. The highest BCUT2D eigenvalue weighted by Crippen LogP contribution is 2.30. The SMILES string of the molecule is Cn1c(=O)oc2cc(C(N)c3ccc(Br)cc3Br)ccc21. The molecule has 0 saturated carbocycles. The van der Waals surface area contributed by atoms with E-state index in [9.17, 15) is 4.79 Å². The lowest BCUT2D eigenvalue weighted by atomic mass is 9.99. The molecule has 4 nitrogen and oxygen atoms in total. The quantitative estimate of drug-likeness (QED) is 0.699. The van der Waals surface area contributed by atoms with Gasteiger partial charge in [-0.15, -0.1) is 0 Å². The molecule has 0 radical (unpaired) electrons. The zero-order valence-corrected chi connectivity index (χ0v) is 14.3. The molecule has 3 aromatic rings. The van der Waals surface area contributed by atoms with E-state index in [1.807, 2.05) is 36.4 Å². The van der Waals surface area contributed by atoms with Crippen molar-refractivity contribution in [2.75, 3.05) is 0 Å². The number of hydrogen-bond donors (Lipinski definition) is 1.